The van der Waals surface area contributed by atoms with Crippen molar-refractivity contribution in [1.82, 2.24) is 4.90 Å². The van der Waals surface area contributed by atoms with E-state index in [4.69, 9.17) is 10.5 Å². The number of nitrogens with zero attached hydrogens (tertiary/aromatic N) is 1. The van der Waals surface area contributed by atoms with Crippen LogP contribution in [0.3, 0.4) is 0 Å². The second-order valence-electron chi connectivity index (χ2n) is 5.21. The van der Waals surface area contributed by atoms with Crippen LogP contribution in [0.25, 0.3) is 0 Å². The summed E-state index contributed by atoms with van der Waals surface area (Å²) in [6.45, 7) is 3.32. The summed E-state index contributed by atoms with van der Waals surface area (Å²) in [6.07, 6.45) is 2.57. The van der Waals surface area contributed by atoms with Crippen LogP contribution in [0.1, 0.15) is 28.8 Å². The number of carbonyl (C=O) groups is 1. The molecule has 1 aromatic rings. The van der Waals surface area contributed by atoms with Crippen LogP contribution < -0.4 is 5.73 Å². The molecule has 0 saturated carbocycles. The zero-order valence-electron chi connectivity index (χ0n) is 10.6. The number of likely N-dealkylation sites (tertiary alicyclic amines) is 1. The molecule has 2 N–H and O–H groups in total. The lowest BCUT2D eigenvalue weighted by atomic mass is 10.0. The van der Waals surface area contributed by atoms with Crippen LogP contribution in [0.4, 0.5) is 5.69 Å². The predicted molar refractivity (Wildman–Crippen MR) is 69.4 cm³/mol. The number of carbonyl (C=O) groups excluding carboxylic acids is 1. The van der Waals surface area contributed by atoms with Crippen LogP contribution in [0.5, 0.6) is 0 Å². The molecule has 4 heteroatoms. The number of aryl methyl sites for hydroxylation is 1. The number of nitrogens with two attached hydrogens (primary N) is 1. The average molecular weight is 246 g/mol. The molecule has 96 valence electrons. The summed E-state index contributed by atoms with van der Waals surface area (Å²) in [5.74, 6) is 0.0470. The van der Waals surface area contributed by atoms with Gasteiger partial charge in [-0.1, -0.05) is 12.1 Å². The molecule has 1 amide bonds. The molecule has 0 spiro atoms. The minimum Gasteiger partial charge on any atom is -0.398 e. The van der Waals surface area contributed by atoms with E-state index < -0.39 is 0 Å². The first-order chi connectivity index (χ1) is 8.65. The Morgan fingerprint density at radius 2 is 2.00 bits per heavy atom. The second-order valence-corrected chi connectivity index (χ2v) is 5.21. The van der Waals surface area contributed by atoms with Crippen molar-refractivity contribution >= 4 is 11.6 Å². The highest BCUT2D eigenvalue weighted by atomic mass is 16.5. The smallest absolute Gasteiger partial charge is 0.256 e. The molecule has 0 aliphatic carbocycles. The number of ether oxygens (including phenoxy) is 1. The van der Waals surface area contributed by atoms with Gasteiger partial charge in [0.25, 0.3) is 5.91 Å². The third-order valence-corrected chi connectivity index (χ3v) is 3.85. The molecule has 0 radical (unpaired) electrons. The van der Waals surface area contributed by atoms with E-state index in [9.17, 15) is 4.79 Å². The Balaban J connectivity index is 1.86. The number of anilines is 1. The van der Waals surface area contributed by atoms with E-state index in [1.807, 2.05) is 24.0 Å². The summed E-state index contributed by atoms with van der Waals surface area (Å²) in [4.78, 5) is 14.4. The number of hydrogen-bond donors (Lipinski definition) is 1. The summed E-state index contributed by atoms with van der Waals surface area (Å²) in [6, 6.07) is 5.60. The number of amides is 1. The largest absolute Gasteiger partial charge is 0.398 e. The number of rotatable bonds is 1. The molecule has 4 nitrogen and oxygen atoms in total. The van der Waals surface area contributed by atoms with Crippen molar-refractivity contribution in [3.8, 4) is 0 Å². The van der Waals surface area contributed by atoms with E-state index >= 15 is 0 Å². The molecule has 2 aliphatic rings. The second kappa shape index (κ2) is 4.28. The van der Waals surface area contributed by atoms with Gasteiger partial charge in [-0.05, 0) is 31.4 Å². The van der Waals surface area contributed by atoms with Crippen molar-refractivity contribution in [2.45, 2.75) is 32.0 Å². The summed E-state index contributed by atoms with van der Waals surface area (Å²) >= 11 is 0. The molecule has 2 fully saturated rings. The van der Waals surface area contributed by atoms with E-state index in [0.29, 0.717) is 24.3 Å². The highest BCUT2D eigenvalue weighted by molar-refractivity contribution is 6.00. The van der Waals surface area contributed by atoms with E-state index in [0.717, 1.165) is 18.4 Å². The molecule has 2 heterocycles. The molecule has 3 rings (SSSR count). The van der Waals surface area contributed by atoms with Crippen LogP contribution in [0.2, 0.25) is 0 Å². The van der Waals surface area contributed by atoms with Crippen molar-refractivity contribution in [3.05, 3.63) is 29.3 Å². The van der Waals surface area contributed by atoms with Gasteiger partial charge in [0, 0.05) is 18.8 Å². The van der Waals surface area contributed by atoms with E-state index in [1.165, 1.54) is 0 Å². The van der Waals surface area contributed by atoms with Gasteiger partial charge in [0.15, 0.2) is 0 Å². The highest BCUT2D eigenvalue weighted by Gasteiger charge is 2.36. The minimum atomic E-state index is 0.0470. The third kappa shape index (κ3) is 1.86. The maximum Gasteiger partial charge on any atom is 0.256 e. The molecule has 2 bridgehead atoms. The molecule has 18 heavy (non-hydrogen) atoms. The van der Waals surface area contributed by atoms with Crippen LogP contribution in [-0.4, -0.2) is 36.1 Å². The molecule has 2 unspecified atom stereocenters. The maximum absolute atomic E-state index is 12.6. The average Bonchev–Trinajstić information content (AvgIpc) is 2.68. The molecular weight excluding hydrogens is 228 g/mol. The van der Waals surface area contributed by atoms with Gasteiger partial charge < -0.3 is 15.4 Å². The minimum absolute atomic E-state index is 0.0470. The fraction of sp³-hybridized carbons (Fsp3) is 0.500. The number of hydrogen-bond acceptors (Lipinski definition) is 3. The van der Waals surface area contributed by atoms with Crippen molar-refractivity contribution in [1.29, 1.82) is 0 Å². The quantitative estimate of drug-likeness (QED) is 0.765. The number of nitrogen functional groups attached to an aromatic ring is 1. The summed E-state index contributed by atoms with van der Waals surface area (Å²) in [7, 11) is 0. The van der Waals surface area contributed by atoms with Gasteiger partial charge in [-0.2, -0.15) is 0 Å². The summed E-state index contributed by atoms with van der Waals surface area (Å²) < 4.78 is 5.75. The van der Waals surface area contributed by atoms with Crippen molar-refractivity contribution in [2.75, 3.05) is 18.8 Å². The van der Waals surface area contributed by atoms with Gasteiger partial charge in [-0.15, -0.1) is 0 Å². The molecule has 2 saturated heterocycles. The zero-order valence-corrected chi connectivity index (χ0v) is 10.6. The van der Waals surface area contributed by atoms with Gasteiger partial charge in [0.2, 0.25) is 0 Å². The van der Waals surface area contributed by atoms with Crippen molar-refractivity contribution in [2.24, 2.45) is 0 Å². The highest BCUT2D eigenvalue weighted by Crippen LogP contribution is 2.28. The van der Waals surface area contributed by atoms with Crippen LogP contribution >= 0.6 is 0 Å². The molecule has 0 aromatic heterocycles. The van der Waals surface area contributed by atoms with E-state index in [-0.39, 0.29) is 18.1 Å². The van der Waals surface area contributed by atoms with Crippen LogP contribution in [0, 0.1) is 6.92 Å². The Kier molecular flexibility index (Phi) is 2.74. The number of fused-ring (bicyclic) bond motifs is 2. The van der Waals surface area contributed by atoms with Crippen molar-refractivity contribution < 1.29 is 9.53 Å². The molecule has 1 aromatic carbocycles. The first-order valence-electron chi connectivity index (χ1n) is 6.45. The number of morpholine rings is 1. The van der Waals surface area contributed by atoms with Gasteiger partial charge >= 0.3 is 0 Å². The molecule has 2 aliphatic heterocycles. The van der Waals surface area contributed by atoms with Gasteiger partial charge in [0.1, 0.15) is 0 Å². The van der Waals surface area contributed by atoms with E-state index in [1.54, 1.807) is 6.07 Å². The summed E-state index contributed by atoms with van der Waals surface area (Å²) in [5.41, 5.74) is 8.10. The lowest BCUT2D eigenvalue weighted by molar-refractivity contribution is -0.0303. The molecular formula is C14H18N2O2. The van der Waals surface area contributed by atoms with E-state index in [2.05, 4.69) is 0 Å². The first-order valence-corrected chi connectivity index (χ1v) is 6.45. The normalized spacial score (nSPS) is 26.4. The molecule has 2 atom stereocenters. The Morgan fingerprint density at radius 1 is 1.33 bits per heavy atom. The SMILES string of the molecule is Cc1cccc(N)c1C(=O)N1CC2CCC(C1)O2. The Hall–Kier alpha value is -1.55. The third-order valence-electron chi connectivity index (χ3n) is 3.85. The van der Waals surface area contributed by atoms with Crippen LogP contribution in [0.15, 0.2) is 18.2 Å². The lowest BCUT2D eigenvalue weighted by Crippen LogP contribution is -2.46. The predicted octanol–water partition coefficient (Wildman–Crippen LogP) is 1.58. The monoisotopic (exact) mass is 246 g/mol. The fourth-order valence-electron chi connectivity index (χ4n) is 2.92. The zero-order chi connectivity index (χ0) is 12.7. The Bertz CT molecular complexity index is 454. The number of benzene rings is 1. The standard InChI is InChI=1S/C14H18N2O2/c1-9-3-2-4-12(15)13(9)14(17)16-7-10-5-6-11(8-16)18-10/h2-4,10-11H,5-8,15H2,1H3. The topological polar surface area (TPSA) is 55.6 Å². The first kappa shape index (κ1) is 11.5. The van der Waals surface area contributed by atoms with Gasteiger partial charge in [-0.25, -0.2) is 0 Å². The van der Waals surface area contributed by atoms with Crippen molar-refractivity contribution in [3.63, 3.8) is 0 Å². The van der Waals surface area contributed by atoms with Gasteiger partial charge in [-0.3, -0.25) is 4.79 Å². The summed E-state index contributed by atoms with van der Waals surface area (Å²) in [5, 5.41) is 0. The lowest BCUT2D eigenvalue weighted by Gasteiger charge is -2.32. The Morgan fingerprint density at radius 3 is 2.61 bits per heavy atom. The van der Waals surface area contributed by atoms with Gasteiger partial charge in [0.05, 0.1) is 17.8 Å². The fourth-order valence-corrected chi connectivity index (χ4v) is 2.92. The van der Waals surface area contributed by atoms with Crippen LogP contribution in [-0.2, 0) is 4.74 Å². The maximum atomic E-state index is 12.6. The Labute approximate surface area is 107 Å².